The average Bonchev–Trinajstić information content (AvgIpc) is 2.71. The number of hydrogen-bond acceptors (Lipinski definition) is 4. The minimum Gasteiger partial charge on any atom is -0.351 e. The first-order chi connectivity index (χ1) is 13.5. The predicted molar refractivity (Wildman–Crippen MR) is 112 cm³/mol. The highest BCUT2D eigenvalue weighted by Crippen LogP contribution is 2.20. The molecule has 0 unspecified atom stereocenters. The van der Waals surface area contributed by atoms with Crippen molar-refractivity contribution in [3.05, 3.63) is 76.5 Å². The summed E-state index contributed by atoms with van der Waals surface area (Å²) in [4.78, 5) is 32.8. The Hall–Kier alpha value is -3.06. The summed E-state index contributed by atoms with van der Waals surface area (Å²) >= 11 is 3.38. The molecule has 3 aromatic rings. The van der Waals surface area contributed by atoms with Gasteiger partial charge in [-0.1, -0.05) is 52.3 Å². The smallest absolute Gasteiger partial charge is 0.254 e. The first kappa shape index (κ1) is 19.7. The van der Waals surface area contributed by atoms with E-state index in [4.69, 9.17) is 0 Å². The molecule has 1 heterocycles. The van der Waals surface area contributed by atoms with E-state index in [0.29, 0.717) is 11.4 Å². The molecule has 0 saturated heterocycles. The number of amides is 2. The number of carbonyl (C=O) groups excluding carboxylic acids is 2. The SMILES string of the molecule is Cc1ccc(Br)cc1NC(=O)CCNC(=O)c1cnc(-c2ccccc2)nc1. The summed E-state index contributed by atoms with van der Waals surface area (Å²) in [6.45, 7) is 2.14. The number of halogens is 1. The van der Waals surface area contributed by atoms with Crippen LogP contribution in [0.1, 0.15) is 22.3 Å². The van der Waals surface area contributed by atoms with E-state index >= 15 is 0 Å². The number of hydrogen-bond donors (Lipinski definition) is 2. The van der Waals surface area contributed by atoms with Crippen LogP contribution in [0.3, 0.4) is 0 Å². The second kappa shape index (κ2) is 9.23. The Morgan fingerprint density at radius 1 is 1.04 bits per heavy atom. The van der Waals surface area contributed by atoms with Gasteiger partial charge in [0.2, 0.25) is 5.91 Å². The van der Waals surface area contributed by atoms with Crippen LogP contribution in [0.4, 0.5) is 5.69 Å². The Morgan fingerprint density at radius 2 is 1.75 bits per heavy atom. The number of nitrogens with one attached hydrogen (secondary N) is 2. The van der Waals surface area contributed by atoms with Crippen LogP contribution >= 0.6 is 15.9 Å². The lowest BCUT2D eigenvalue weighted by Gasteiger charge is -2.09. The zero-order chi connectivity index (χ0) is 19.9. The number of carbonyl (C=O) groups is 2. The van der Waals surface area contributed by atoms with Crippen LogP contribution in [0.25, 0.3) is 11.4 Å². The molecule has 2 N–H and O–H groups in total. The largest absolute Gasteiger partial charge is 0.351 e. The maximum absolute atomic E-state index is 12.2. The normalized spacial score (nSPS) is 10.4. The average molecular weight is 439 g/mol. The Balaban J connectivity index is 1.50. The van der Waals surface area contributed by atoms with E-state index in [0.717, 1.165) is 21.3 Å². The third-order valence-electron chi connectivity index (χ3n) is 4.06. The fourth-order valence-corrected chi connectivity index (χ4v) is 2.88. The van der Waals surface area contributed by atoms with Crippen molar-refractivity contribution in [3.63, 3.8) is 0 Å². The molecule has 3 rings (SSSR count). The van der Waals surface area contributed by atoms with E-state index in [2.05, 4.69) is 36.5 Å². The van der Waals surface area contributed by atoms with Crippen molar-refractivity contribution in [1.29, 1.82) is 0 Å². The van der Waals surface area contributed by atoms with E-state index in [-0.39, 0.29) is 24.8 Å². The van der Waals surface area contributed by atoms with Crippen molar-refractivity contribution in [2.75, 3.05) is 11.9 Å². The van der Waals surface area contributed by atoms with Crippen molar-refractivity contribution in [2.24, 2.45) is 0 Å². The number of rotatable bonds is 6. The highest BCUT2D eigenvalue weighted by Gasteiger charge is 2.10. The molecule has 0 saturated carbocycles. The molecular weight excluding hydrogens is 420 g/mol. The Labute approximate surface area is 171 Å². The molecule has 0 aliphatic carbocycles. The van der Waals surface area contributed by atoms with Crippen molar-refractivity contribution in [3.8, 4) is 11.4 Å². The quantitative estimate of drug-likeness (QED) is 0.609. The molecule has 0 radical (unpaired) electrons. The van der Waals surface area contributed by atoms with E-state index in [1.54, 1.807) is 0 Å². The van der Waals surface area contributed by atoms with Crippen molar-refractivity contribution in [2.45, 2.75) is 13.3 Å². The van der Waals surface area contributed by atoms with Gasteiger partial charge < -0.3 is 10.6 Å². The van der Waals surface area contributed by atoms with Crippen LogP contribution in [0, 0.1) is 6.92 Å². The first-order valence-corrected chi connectivity index (χ1v) is 9.54. The van der Waals surface area contributed by atoms with Gasteiger partial charge in [-0.2, -0.15) is 0 Å². The molecule has 1 aromatic heterocycles. The molecule has 7 heteroatoms. The third-order valence-corrected chi connectivity index (χ3v) is 4.55. The lowest BCUT2D eigenvalue weighted by atomic mass is 10.2. The van der Waals surface area contributed by atoms with Gasteiger partial charge in [-0.15, -0.1) is 0 Å². The van der Waals surface area contributed by atoms with Crippen LogP contribution in [0.5, 0.6) is 0 Å². The summed E-state index contributed by atoms with van der Waals surface area (Å²) in [5.41, 5.74) is 2.95. The van der Waals surface area contributed by atoms with Gasteiger partial charge in [-0.25, -0.2) is 9.97 Å². The standard InChI is InChI=1S/C21H19BrN4O2/c1-14-7-8-17(22)11-18(14)26-19(27)9-10-23-21(28)16-12-24-20(25-13-16)15-5-3-2-4-6-15/h2-8,11-13H,9-10H2,1H3,(H,23,28)(H,26,27). The molecule has 0 atom stereocenters. The van der Waals surface area contributed by atoms with Crippen molar-refractivity contribution >= 4 is 33.4 Å². The molecule has 0 aliphatic rings. The second-order valence-corrected chi connectivity index (χ2v) is 7.09. The maximum atomic E-state index is 12.2. The summed E-state index contributed by atoms with van der Waals surface area (Å²) in [7, 11) is 0. The minimum absolute atomic E-state index is 0.167. The van der Waals surface area contributed by atoms with Gasteiger partial charge in [0.15, 0.2) is 5.82 Å². The van der Waals surface area contributed by atoms with E-state index in [9.17, 15) is 9.59 Å². The van der Waals surface area contributed by atoms with Gasteiger partial charge in [0.25, 0.3) is 5.91 Å². The zero-order valence-corrected chi connectivity index (χ0v) is 16.9. The van der Waals surface area contributed by atoms with Crippen LogP contribution < -0.4 is 10.6 Å². The number of anilines is 1. The van der Waals surface area contributed by atoms with Gasteiger partial charge >= 0.3 is 0 Å². The van der Waals surface area contributed by atoms with Crippen LogP contribution in [-0.2, 0) is 4.79 Å². The second-order valence-electron chi connectivity index (χ2n) is 6.17. The van der Waals surface area contributed by atoms with E-state index in [1.165, 1.54) is 12.4 Å². The van der Waals surface area contributed by atoms with Gasteiger partial charge in [-0.05, 0) is 24.6 Å². The molecule has 142 valence electrons. The monoisotopic (exact) mass is 438 g/mol. The van der Waals surface area contributed by atoms with Gasteiger partial charge in [0.1, 0.15) is 0 Å². The highest BCUT2D eigenvalue weighted by atomic mass is 79.9. The lowest BCUT2D eigenvalue weighted by molar-refractivity contribution is -0.116. The summed E-state index contributed by atoms with van der Waals surface area (Å²) in [5.74, 6) is 0.0733. The summed E-state index contributed by atoms with van der Waals surface area (Å²) < 4.78 is 0.889. The molecule has 28 heavy (non-hydrogen) atoms. The fourth-order valence-electron chi connectivity index (χ4n) is 2.51. The molecule has 0 bridgehead atoms. The Bertz CT molecular complexity index is 975. The molecule has 6 nitrogen and oxygen atoms in total. The highest BCUT2D eigenvalue weighted by molar-refractivity contribution is 9.10. The summed E-state index contributed by atoms with van der Waals surface area (Å²) in [6, 6.07) is 15.2. The zero-order valence-electron chi connectivity index (χ0n) is 15.3. The van der Waals surface area contributed by atoms with E-state index in [1.807, 2.05) is 55.5 Å². The number of nitrogens with zero attached hydrogens (tertiary/aromatic N) is 2. The number of benzene rings is 2. The molecule has 0 spiro atoms. The first-order valence-electron chi connectivity index (χ1n) is 8.74. The summed E-state index contributed by atoms with van der Waals surface area (Å²) in [5, 5.41) is 5.56. The lowest BCUT2D eigenvalue weighted by Crippen LogP contribution is -2.28. The number of aromatic nitrogens is 2. The third kappa shape index (κ3) is 5.23. The Morgan fingerprint density at radius 3 is 2.46 bits per heavy atom. The minimum atomic E-state index is -0.314. The van der Waals surface area contributed by atoms with E-state index < -0.39 is 0 Å². The van der Waals surface area contributed by atoms with Crippen LogP contribution in [-0.4, -0.2) is 28.3 Å². The van der Waals surface area contributed by atoms with Gasteiger partial charge in [0, 0.05) is 41.1 Å². The molecule has 2 aromatic carbocycles. The maximum Gasteiger partial charge on any atom is 0.254 e. The fraction of sp³-hybridized carbons (Fsp3) is 0.143. The molecule has 2 amide bonds. The topological polar surface area (TPSA) is 84.0 Å². The molecule has 0 aliphatic heterocycles. The predicted octanol–water partition coefficient (Wildman–Crippen LogP) is 3.97. The Kier molecular flexibility index (Phi) is 6.49. The molecule has 0 fully saturated rings. The van der Waals surface area contributed by atoms with Gasteiger partial charge in [-0.3, -0.25) is 9.59 Å². The van der Waals surface area contributed by atoms with Crippen molar-refractivity contribution < 1.29 is 9.59 Å². The van der Waals surface area contributed by atoms with Crippen molar-refractivity contribution in [1.82, 2.24) is 15.3 Å². The summed E-state index contributed by atoms with van der Waals surface area (Å²) in [6.07, 6.45) is 3.13. The molecular formula is C21H19BrN4O2. The van der Waals surface area contributed by atoms with Crippen LogP contribution in [0.2, 0.25) is 0 Å². The van der Waals surface area contributed by atoms with Gasteiger partial charge in [0.05, 0.1) is 5.56 Å². The number of aryl methyl sites for hydroxylation is 1. The van der Waals surface area contributed by atoms with Crippen LogP contribution in [0.15, 0.2) is 65.4 Å².